The molecule has 0 aliphatic carbocycles. The highest BCUT2D eigenvalue weighted by atomic mass is 127. The number of nitrogens with zero attached hydrogens (tertiary/aromatic N) is 2. The van der Waals surface area contributed by atoms with Crippen molar-refractivity contribution < 1.29 is 13.5 Å². The second-order valence-electron chi connectivity index (χ2n) is 1.88. The Labute approximate surface area is 81.3 Å². The zero-order chi connectivity index (χ0) is 8.97. The second-order valence-corrected chi connectivity index (χ2v) is 3.04. The van der Waals surface area contributed by atoms with Gasteiger partial charge in [-0.3, -0.25) is 0 Å². The molecule has 0 spiro atoms. The second kappa shape index (κ2) is 4.48. The molecule has 0 N–H and O–H groups in total. The van der Waals surface area contributed by atoms with E-state index in [1.54, 1.807) is 0 Å². The average Bonchev–Trinajstić information content (AvgIpc) is 2.03. The molecular formula is C6H5F2IN2O. The Morgan fingerprint density at radius 1 is 1.58 bits per heavy atom. The van der Waals surface area contributed by atoms with Crippen LogP contribution in [0.2, 0.25) is 0 Å². The van der Waals surface area contributed by atoms with Crippen molar-refractivity contribution in [2.24, 2.45) is 0 Å². The molecule has 66 valence electrons. The van der Waals surface area contributed by atoms with Crippen molar-refractivity contribution >= 4 is 22.6 Å². The van der Waals surface area contributed by atoms with E-state index in [0.717, 1.165) is 0 Å². The van der Waals surface area contributed by atoms with E-state index >= 15 is 0 Å². The van der Waals surface area contributed by atoms with E-state index < -0.39 is 13.0 Å². The molecule has 0 aromatic carbocycles. The molecule has 0 aliphatic heterocycles. The van der Waals surface area contributed by atoms with Crippen LogP contribution in [0, 0.1) is 3.57 Å². The predicted octanol–water partition coefficient (Wildman–Crippen LogP) is 1.73. The summed E-state index contributed by atoms with van der Waals surface area (Å²) in [5.74, 6) is 0.200. The Balaban J connectivity index is 2.57. The maximum atomic E-state index is 11.7. The minimum Gasteiger partial charge on any atom is -0.471 e. The molecule has 0 unspecified atom stereocenters. The Morgan fingerprint density at radius 3 is 2.92 bits per heavy atom. The van der Waals surface area contributed by atoms with Crippen molar-refractivity contribution in [3.05, 3.63) is 16.1 Å². The number of halogens is 3. The zero-order valence-electron chi connectivity index (χ0n) is 5.88. The summed E-state index contributed by atoms with van der Waals surface area (Å²) in [7, 11) is 0. The molecule has 0 radical (unpaired) electrons. The summed E-state index contributed by atoms with van der Waals surface area (Å²) in [5, 5.41) is 0. The van der Waals surface area contributed by atoms with Crippen LogP contribution in [0.3, 0.4) is 0 Å². The van der Waals surface area contributed by atoms with Gasteiger partial charge in [-0.05, 0) is 22.6 Å². The molecule has 12 heavy (non-hydrogen) atoms. The Hall–Kier alpha value is -0.530. The van der Waals surface area contributed by atoms with E-state index in [0.29, 0.717) is 3.57 Å². The van der Waals surface area contributed by atoms with Crippen LogP contribution in [0.1, 0.15) is 0 Å². The third kappa shape index (κ3) is 2.84. The van der Waals surface area contributed by atoms with Crippen LogP contribution >= 0.6 is 22.6 Å². The quantitative estimate of drug-likeness (QED) is 0.794. The van der Waals surface area contributed by atoms with Gasteiger partial charge in [0.25, 0.3) is 6.43 Å². The van der Waals surface area contributed by atoms with Crippen molar-refractivity contribution in [2.75, 3.05) is 6.61 Å². The first-order valence-electron chi connectivity index (χ1n) is 3.06. The number of alkyl halides is 2. The summed E-state index contributed by atoms with van der Waals surface area (Å²) in [6.07, 6.45) is 0.271. The van der Waals surface area contributed by atoms with E-state index in [1.807, 2.05) is 22.6 Å². The van der Waals surface area contributed by atoms with Crippen LogP contribution in [-0.4, -0.2) is 23.0 Å². The molecule has 0 amide bonds. The van der Waals surface area contributed by atoms with Gasteiger partial charge < -0.3 is 4.74 Å². The topological polar surface area (TPSA) is 35.0 Å². The normalized spacial score (nSPS) is 10.3. The zero-order valence-corrected chi connectivity index (χ0v) is 8.03. The average molecular weight is 286 g/mol. The van der Waals surface area contributed by atoms with Crippen LogP contribution in [0.4, 0.5) is 8.78 Å². The molecular weight excluding hydrogens is 281 g/mol. The summed E-state index contributed by atoms with van der Waals surface area (Å²) >= 11 is 1.91. The smallest absolute Gasteiger partial charge is 0.272 e. The largest absolute Gasteiger partial charge is 0.471 e. The number of hydrogen-bond donors (Lipinski definition) is 0. The lowest BCUT2D eigenvalue weighted by atomic mass is 10.6. The summed E-state index contributed by atoms with van der Waals surface area (Å²) < 4.78 is 28.7. The molecule has 0 saturated heterocycles. The number of hydrogen-bond acceptors (Lipinski definition) is 3. The SMILES string of the molecule is FC(F)COc1ncncc1I. The fourth-order valence-electron chi connectivity index (χ4n) is 0.550. The molecule has 0 bridgehead atoms. The third-order valence-corrected chi connectivity index (χ3v) is 1.72. The fraction of sp³-hybridized carbons (Fsp3) is 0.333. The van der Waals surface area contributed by atoms with Crippen molar-refractivity contribution in [2.45, 2.75) is 6.43 Å². The van der Waals surface area contributed by atoms with Crippen LogP contribution in [-0.2, 0) is 0 Å². The summed E-state index contributed by atoms with van der Waals surface area (Å²) in [5.41, 5.74) is 0. The number of rotatable bonds is 3. The molecule has 3 nitrogen and oxygen atoms in total. The number of aromatic nitrogens is 2. The van der Waals surface area contributed by atoms with Gasteiger partial charge in [-0.2, -0.15) is 0 Å². The Bertz CT molecular complexity index is 259. The van der Waals surface area contributed by atoms with Gasteiger partial charge in [0.2, 0.25) is 5.88 Å². The summed E-state index contributed by atoms with van der Waals surface area (Å²) in [6.45, 7) is -0.632. The molecule has 0 saturated carbocycles. The first-order valence-corrected chi connectivity index (χ1v) is 4.14. The lowest BCUT2D eigenvalue weighted by Gasteiger charge is -2.04. The predicted molar refractivity (Wildman–Crippen MR) is 46.2 cm³/mol. The summed E-state index contributed by atoms with van der Waals surface area (Å²) in [4.78, 5) is 7.36. The molecule has 1 rings (SSSR count). The molecule has 1 heterocycles. The molecule has 6 heteroatoms. The van der Waals surface area contributed by atoms with Crippen molar-refractivity contribution in [3.63, 3.8) is 0 Å². The Kier molecular flexibility index (Phi) is 3.57. The van der Waals surface area contributed by atoms with Gasteiger partial charge in [0.1, 0.15) is 6.33 Å². The van der Waals surface area contributed by atoms with E-state index in [-0.39, 0.29) is 5.88 Å². The monoisotopic (exact) mass is 286 g/mol. The van der Waals surface area contributed by atoms with Crippen LogP contribution in [0.25, 0.3) is 0 Å². The van der Waals surface area contributed by atoms with E-state index in [1.165, 1.54) is 12.5 Å². The van der Waals surface area contributed by atoms with Gasteiger partial charge in [0, 0.05) is 6.20 Å². The maximum Gasteiger partial charge on any atom is 0.272 e. The summed E-state index contributed by atoms with van der Waals surface area (Å²) in [6, 6.07) is 0. The Morgan fingerprint density at radius 2 is 2.33 bits per heavy atom. The van der Waals surface area contributed by atoms with Crippen molar-refractivity contribution in [3.8, 4) is 5.88 Å². The molecule has 0 aliphatic rings. The first-order chi connectivity index (χ1) is 5.70. The van der Waals surface area contributed by atoms with E-state index in [4.69, 9.17) is 0 Å². The van der Waals surface area contributed by atoms with Crippen LogP contribution < -0.4 is 4.74 Å². The van der Waals surface area contributed by atoms with Crippen LogP contribution in [0.5, 0.6) is 5.88 Å². The van der Waals surface area contributed by atoms with Gasteiger partial charge in [0.15, 0.2) is 6.61 Å². The standard InChI is InChI=1S/C6H5F2IN2O/c7-5(8)2-12-6-4(9)1-10-3-11-6/h1,3,5H,2H2. The van der Waals surface area contributed by atoms with Gasteiger partial charge in [-0.15, -0.1) is 0 Å². The minimum atomic E-state index is -2.48. The van der Waals surface area contributed by atoms with Crippen LogP contribution in [0.15, 0.2) is 12.5 Å². The van der Waals surface area contributed by atoms with Gasteiger partial charge in [-0.1, -0.05) is 0 Å². The molecule has 1 aromatic heterocycles. The molecule has 0 atom stereocenters. The third-order valence-electron chi connectivity index (χ3n) is 0.980. The van der Waals surface area contributed by atoms with Crippen molar-refractivity contribution in [1.29, 1.82) is 0 Å². The van der Waals surface area contributed by atoms with Gasteiger partial charge in [-0.25, -0.2) is 18.7 Å². The first kappa shape index (κ1) is 9.56. The van der Waals surface area contributed by atoms with Gasteiger partial charge in [0.05, 0.1) is 3.57 Å². The highest BCUT2D eigenvalue weighted by Gasteiger charge is 2.06. The minimum absolute atomic E-state index is 0.200. The fourth-order valence-corrected chi connectivity index (χ4v) is 1.01. The number of ether oxygens (including phenoxy) is 1. The molecule has 1 aromatic rings. The van der Waals surface area contributed by atoms with E-state index in [9.17, 15) is 8.78 Å². The molecule has 0 fully saturated rings. The van der Waals surface area contributed by atoms with Crippen molar-refractivity contribution in [1.82, 2.24) is 9.97 Å². The maximum absolute atomic E-state index is 11.7. The highest BCUT2D eigenvalue weighted by Crippen LogP contribution is 2.15. The highest BCUT2D eigenvalue weighted by molar-refractivity contribution is 14.1. The lowest BCUT2D eigenvalue weighted by Crippen LogP contribution is -2.08. The van der Waals surface area contributed by atoms with Gasteiger partial charge >= 0.3 is 0 Å². The lowest BCUT2D eigenvalue weighted by molar-refractivity contribution is 0.0790. The van der Waals surface area contributed by atoms with E-state index in [2.05, 4.69) is 14.7 Å².